The number of carbonyl (C=O) groups excluding carboxylic acids is 1. The molecule has 5 heteroatoms. The molecule has 0 aliphatic heterocycles. The monoisotopic (exact) mass is 429 g/mol. The fraction of sp³-hybridized carbons (Fsp3) is 0.259. The highest BCUT2D eigenvalue weighted by atomic mass is 16.4. The topological polar surface area (TPSA) is 86.6 Å². The van der Waals surface area contributed by atoms with Gasteiger partial charge in [0.2, 0.25) is 5.91 Å². The molecule has 3 N–H and O–H groups in total. The summed E-state index contributed by atoms with van der Waals surface area (Å²) >= 11 is 0. The van der Waals surface area contributed by atoms with Crippen LogP contribution >= 0.6 is 0 Å². The summed E-state index contributed by atoms with van der Waals surface area (Å²) in [5, 5.41) is 24.1. The molecule has 1 unspecified atom stereocenters. The predicted octanol–water partition coefficient (Wildman–Crippen LogP) is 5.07. The third-order valence-corrected chi connectivity index (χ3v) is 6.41. The molecule has 0 saturated carbocycles. The van der Waals surface area contributed by atoms with Crippen molar-refractivity contribution < 1.29 is 19.8 Å². The fourth-order valence-electron chi connectivity index (χ4n) is 4.51. The lowest BCUT2D eigenvalue weighted by molar-refractivity contribution is -0.133. The second-order valence-electron chi connectivity index (χ2n) is 8.78. The van der Waals surface area contributed by atoms with Gasteiger partial charge in [0, 0.05) is 12.1 Å². The summed E-state index contributed by atoms with van der Waals surface area (Å²) in [5.74, 6) is -0.919. The van der Waals surface area contributed by atoms with Gasteiger partial charge in [-0.25, -0.2) is 4.79 Å². The van der Waals surface area contributed by atoms with Crippen LogP contribution in [0, 0.1) is 0 Å². The molecule has 0 heterocycles. The molecule has 1 aliphatic carbocycles. The molecule has 0 radical (unpaired) electrons. The summed E-state index contributed by atoms with van der Waals surface area (Å²) in [6.07, 6.45) is 2.46. The number of amides is 1. The van der Waals surface area contributed by atoms with E-state index in [1.54, 1.807) is 12.1 Å². The molecule has 0 fully saturated rings. The first-order valence-electron chi connectivity index (χ1n) is 10.9. The molecular weight excluding hydrogens is 402 g/mol. The maximum Gasteiger partial charge on any atom is 0.333 e. The van der Waals surface area contributed by atoms with Crippen molar-refractivity contribution in [2.24, 2.45) is 0 Å². The quantitative estimate of drug-likeness (QED) is 0.510. The molecule has 32 heavy (non-hydrogen) atoms. The van der Waals surface area contributed by atoms with Gasteiger partial charge >= 0.3 is 5.97 Å². The van der Waals surface area contributed by atoms with Crippen molar-refractivity contribution in [3.63, 3.8) is 0 Å². The number of carboxylic acids is 1. The highest BCUT2D eigenvalue weighted by molar-refractivity contribution is 5.90. The number of allylic oxidation sites excluding steroid dienone is 1. The summed E-state index contributed by atoms with van der Waals surface area (Å²) < 4.78 is 0. The average molecular weight is 430 g/mol. The molecule has 0 bridgehead atoms. The number of hydrogen-bond acceptors (Lipinski definition) is 3. The average Bonchev–Trinajstić information content (AvgIpc) is 2.78. The molecule has 1 amide bonds. The Kier molecular flexibility index (Phi) is 5.99. The Bertz CT molecular complexity index is 1200. The number of carbonyl (C=O) groups is 2. The Morgan fingerprint density at radius 1 is 1.00 bits per heavy atom. The maximum atomic E-state index is 12.7. The Balaban J connectivity index is 1.46. The molecule has 5 nitrogen and oxygen atoms in total. The number of hydrogen-bond donors (Lipinski definition) is 3. The SMILES string of the molecule is CC1(c2ccccc2)CCC(C(=O)O)=C(NC(=O)CCc2ccc3cc(O)ccc3c2)C1. The highest BCUT2D eigenvalue weighted by Gasteiger charge is 2.35. The van der Waals surface area contributed by atoms with Gasteiger partial charge < -0.3 is 15.5 Å². The van der Waals surface area contributed by atoms with E-state index in [1.807, 2.05) is 42.5 Å². The van der Waals surface area contributed by atoms with Gasteiger partial charge in [-0.1, -0.05) is 61.5 Å². The van der Waals surface area contributed by atoms with Gasteiger partial charge in [0.1, 0.15) is 5.75 Å². The van der Waals surface area contributed by atoms with E-state index in [1.165, 1.54) is 0 Å². The molecule has 3 aromatic rings. The lowest BCUT2D eigenvalue weighted by Gasteiger charge is -2.36. The van der Waals surface area contributed by atoms with Crippen molar-refractivity contribution in [2.45, 2.75) is 44.4 Å². The van der Waals surface area contributed by atoms with Gasteiger partial charge in [-0.2, -0.15) is 0 Å². The summed E-state index contributed by atoms with van der Waals surface area (Å²) in [4.78, 5) is 24.5. The van der Waals surface area contributed by atoms with Crippen LogP contribution in [0.5, 0.6) is 5.75 Å². The summed E-state index contributed by atoms with van der Waals surface area (Å²) in [5.41, 5.74) is 2.78. The molecule has 3 aromatic carbocycles. The smallest absolute Gasteiger partial charge is 0.333 e. The van der Waals surface area contributed by atoms with Gasteiger partial charge in [0.15, 0.2) is 0 Å². The van der Waals surface area contributed by atoms with Crippen molar-refractivity contribution in [1.29, 1.82) is 0 Å². The number of rotatable bonds is 6. The van der Waals surface area contributed by atoms with Crippen LogP contribution in [0.25, 0.3) is 10.8 Å². The minimum absolute atomic E-state index is 0.179. The molecule has 164 valence electrons. The van der Waals surface area contributed by atoms with Crippen molar-refractivity contribution in [2.75, 3.05) is 0 Å². The minimum atomic E-state index is -0.965. The first-order chi connectivity index (χ1) is 15.3. The second kappa shape index (κ2) is 8.87. The third-order valence-electron chi connectivity index (χ3n) is 6.41. The van der Waals surface area contributed by atoms with Crippen LogP contribution in [0.3, 0.4) is 0 Å². The van der Waals surface area contributed by atoms with E-state index in [-0.39, 0.29) is 23.5 Å². The van der Waals surface area contributed by atoms with Crippen LogP contribution in [0.4, 0.5) is 0 Å². The van der Waals surface area contributed by atoms with Gasteiger partial charge in [-0.05, 0) is 65.1 Å². The normalized spacial score (nSPS) is 18.5. The van der Waals surface area contributed by atoms with E-state index in [4.69, 9.17) is 0 Å². The van der Waals surface area contributed by atoms with Gasteiger partial charge in [-0.3, -0.25) is 4.79 Å². The number of phenolic OH excluding ortho intramolecular Hbond substituents is 1. The second-order valence-corrected chi connectivity index (χ2v) is 8.78. The Hall–Kier alpha value is -3.60. The zero-order valence-corrected chi connectivity index (χ0v) is 18.1. The number of aliphatic carboxylic acids is 1. The van der Waals surface area contributed by atoms with Crippen molar-refractivity contribution in [3.8, 4) is 5.75 Å². The van der Waals surface area contributed by atoms with Crippen LogP contribution < -0.4 is 5.32 Å². The van der Waals surface area contributed by atoms with Gasteiger partial charge in [-0.15, -0.1) is 0 Å². The molecular formula is C27H27NO4. The molecule has 4 rings (SSSR count). The molecule has 0 spiro atoms. The summed E-state index contributed by atoms with van der Waals surface area (Å²) in [7, 11) is 0. The van der Waals surface area contributed by atoms with Crippen LogP contribution in [-0.4, -0.2) is 22.1 Å². The van der Waals surface area contributed by atoms with E-state index in [9.17, 15) is 19.8 Å². The van der Waals surface area contributed by atoms with E-state index in [2.05, 4.69) is 24.4 Å². The van der Waals surface area contributed by atoms with Gasteiger partial charge in [0.05, 0.1) is 5.57 Å². The summed E-state index contributed by atoms with van der Waals surface area (Å²) in [6.45, 7) is 2.12. The zero-order valence-electron chi connectivity index (χ0n) is 18.1. The van der Waals surface area contributed by atoms with E-state index < -0.39 is 5.97 Å². The highest BCUT2D eigenvalue weighted by Crippen LogP contribution is 2.41. The Morgan fingerprint density at radius 3 is 2.47 bits per heavy atom. The number of phenols is 1. The van der Waals surface area contributed by atoms with Crippen LogP contribution in [-0.2, 0) is 21.4 Å². The first-order valence-corrected chi connectivity index (χ1v) is 10.9. The maximum absolute atomic E-state index is 12.7. The Morgan fingerprint density at radius 2 is 1.72 bits per heavy atom. The van der Waals surface area contributed by atoms with Crippen LogP contribution in [0.1, 0.15) is 43.7 Å². The molecule has 0 aromatic heterocycles. The first kappa shape index (κ1) is 21.6. The number of nitrogens with one attached hydrogen (secondary N) is 1. The zero-order chi connectivity index (χ0) is 22.7. The van der Waals surface area contributed by atoms with Crippen LogP contribution in [0.15, 0.2) is 78.0 Å². The number of carboxylic acid groups (broad SMARTS) is 1. The van der Waals surface area contributed by atoms with E-state index in [0.717, 1.165) is 28.3 Å². The molecule has 0 saturated heterocycles. The Labute approximate surface area is 187 Å². The van der Waals surface area contributed by atoms with Crippen molar-refractivity contribution in [3.05, 3.63) is 89.1 Å². The predicted molar refractivity (Wildman–Crippen MR) is 124 cm³/mol. The van der Waals surface area contributed by atoms with Crippen molar-refractivity contribution in [1.82, 2.24) is 5.32 Å². The lowest BCUT2D eigenvalue weighted by atomic mass is 9.70. The van der Waals surface area contributed by atoms with Gasteiger partial charge in [0.25, 0.3) is 0 Å². The minimum Gasteiger partial charge on any atom is -0.508 e. The number of benzene rings is 3. The number of aromatic hydroxyl groups is 1. The molecule has 1 atom stereocenters. The van der Waals surface area contributed by atoms with Crippen LogP contribution in [0.2, 0.25) is 0 Å². The molecule has 1 aliphatic rings. The number of aryl methyl sites for hydroxylation is 1. The lowest BCUT2D eigenvalue weighted by Crippen LogP contribution is -2.35. The summed E-state index contributed by atoms with van der Waals surface area (Å²) in [6, 6.07) is 21.2. The van der Waals surface area contributed by atoms with Crippen molar-refractivity contribution >= 4 is 22.6 Å². The van der Waals surface area contributed by atoms with E-state index >= 15 is 0 Å². The van der Waals surface area contributed by atoms with E-state index in [0.29, 0.717) is 30.5 Å². The number of fused-ring (bicyclic) bond motifs is 1. The fourth-order valence-corrected chi connectivity index (χ4v) is 4.51. The largest absolute Gasteiger partial charge is 0.508 e. The standard InChI is InChI=1S/C27H27NO4/c1-27(21-5-3-2-4-6-21)14-13-23(26(31)32)24(17-27)28-25(30)12-8-18-7-9-20-16-22(29)11-10-19(20)15-18/h2-7,9-11,15-16,29H,8,12-14,17H2,1H3,(H,28,30)(H,31,32). The third kappa shape index (κ3) is 4.67.